The van der Waals surface area contributed by atoms with Gasteiger partial charge in [-0.2, -0.15) is 22.0 Å². The van der Waals surface area contributed by atoms with Crippen LogP contribution in [-0.4, -0.2) is 32.2 Å². The van der Waals surface area contributed by atoms with E-state index in [1.807, 2.05) is 0 Å². The van der Waals surface area contributed by atoms with Gasteiger partial charge >= 0.3 is 12.3 Å². The minimum atomic E-state index is -5.20. The fourth-order valence-electron chi connectivity index (χ4n) is 2.10. The molecule has 0 aromatic heterocycles. The van der Waals surface area contributed by atoms with Gasteiger partial charge in [0.2, 0.25) is 40.9 Å². The fourth-order valence-corrected chi connectivity index (χ4v) is 2.10. The van der Waals surface area contributed by atoms with Crippen molar-refractivity contribution in [3.63, 3.8) is 0 Å². The van der Waals surface area contributed by atoms with Crippen LogP contribution >= 0.6 is 0 Å². The van der Waals surface area contributed by atoms with Crippen LogP contribution in [0, 0.1) is 29.1 Å². The minimum absolute atomic E-state index is 0.341. The third-order valence-corrected chi connectivity index (χ3v) is 3.66. The standard InChI is InChI=1S/C18H12F8O5/c1-28-9-4-2-8(3-5-9)6-29-7-10(18(24,25)26)30-17(27)31-16-14(22)12(20)11(19)13(21)15(16)23/h2-5,10H,6-7H2,1H3. The number of halogens is 8. The predicted octanol–water partition coefficient (Wildman–Crippen LogP) is 5.05. The fraction of sp³-hybridized carbons (Fsp3) is 0.278. The first-order valence-corrected chi connectivity index (χ1v) is 8.13. The smallest absolute Gasteiger partial charge is 0.497 e. The van der Waals surface area contributed by atoms with E-state index in [-0.39, 0.29) is 6.61 Å². The van der Waals surface area contributed by atoms with Crippen LogP contribution in [0.1, 0.15) is 5.56 Å². The molecule has 1 unspecified atom stereocenters. The maximum absolute atomic E-state index is 13.5. The van der Waals surface area contributed by atoms with Gasteiger partial charge in [0.05, 0.1) is 20.3 Å². The van der Waals surface area contributed by atoms with Gasteiger partial charge in [-0.25, -0.2) is 18.0 Å². The van der Waals surface area contributed by atoms with Crippen LogP contribution in [0.15, 0.2) is 24.3 Å². The van der Waals surface area contributed by atoms with Crippen LogP contribution in [0.4, 0.5) is 39.9 Å². The molecule has 2 aromatic carbocycles. The van der Waals surface area contributed by atoms with Crippen LogP contribution in [-0.2, 0) is 16.1 Å². The number of hydrogen-bond acceptors (Lipinski definition) is 5. The van der Waals surface area contributed by atoms with Gasteiger partial charge in [-0.15, -0.1) is 0 Å². The lowest BCUT2D eigenvalue weighted by Crippen LogP contribution is -2.38. The number of carbonyl (C=O) groups excluding carboxylic acids is 1. The van der Waals surface area contributed by atoms with Gasteiger partial charge in [0.1, 0.15) is 5.75 Å². The van der Waals surface area contributed by atoms with E-state index in [0.29, 0.717) is 11.3 Å². The normalized spacial score (nSPS) is 12.4. The molecule has 0 spiro atoms. The van der Waals surface area contributed by atoms with Crippen molar-refractivity contribution in [1.29, 1.82) is 0 Å². The highest BCUT2D eigenvalue weighted by atomic mass is 19.4. The molecule has 0 heterocycles. The second kappa shape index (κ2) is 9.81. The van der Waals surface area contributed by atoms with E-state index in [1.165, 1.54) is 31.4 Å². The zero-order valence-corrected chi connectivity index (χ0v) is 15.4. The van der Waals surface area contributed by atoms with E-state index in [9.17, 15) is 39.9 Å². The molecule has 2 rings (SSSR count). The minimum Gasteiger partial charge on any atom is -0.497 e. The highest BCUT2D eigenvalue weighted by Crippen LogP contribution is 2.30. The number of benzene rings is 2. The summed E-state index contributed by atoms with van der Waals surface area (Å²) in [5.41, 5.74) is 0.436. The second-order valence-corrected chi connectivity index (χ2v) is 5.76. The summed E-state index contributed by atoms with van der Waals surface area (Å²) in [4.78, 5) is 11.5. The Hall–Kier alpha value is -3.09. The summed E-state index contributed by atoms with van der Waals surface area (Å²) in [6.07, 6.45) is -10.5. The van der Waals surface area contributed by atoms with Gasteiger partial charge in [-0.05, 0) is 17.7 Å². The Morgan fingerprint density at radius 1 is 0.903 bits per heavy atom. The van der Waals surface area contributed by atoms with Gasteiger partial charge in [0.15, 0.2) is 0 Å². The van der Waals surface area contributed by atoms with E-state index in [1.54, 1.807) is 0 Å². The number of hydrogen-bond donors (Lipinski definition) is 0. The van der Waals surface area contributed by atoms with Crippen molar-refractivity contribution in [1.82, 2.24) is 0 Å². The van der Waals surface area contributed by atoms with Crippen molar-refractivity contribution in [2.24, 2.45) is 0 Å². The summed E-state index contributed by atoms with van der Waals surface area (Å²) in [5, 5.41) is 0. The highest BCUT2D eigenvalue weighted by molar-refractivity contribution is 5.64. The van der Waals surface area contributed by atoms with Gasteiger partial charge in [0, 0.05) is 0 Å². The zero-order valence-electron chi connectivity index (χ0n) is 15.4. The Morgan fingerprint density at radius 3 is 1.90 bits per heavy atom. The number of ether oxygens (including phenoxy) is 4. The first-order valence-electron chi connectivity index (χ1n) is 8.13. The van der Waals surface area contributed by atoms with Crippen LogP contribution in [0.3, 0.4) is 0 Å². The van der Waals surface area contributed by atoms with Gasteiger partial charge < -0.3 is 18.9 Å². The molecule has 0 saturated heterocycles. The van der Waals surface area contributed by atoms with E-state index in [4.69, 9.17) is 9.47 Å². The molecule has 0 aliphatic rings. The molecule has 0 bridgehead atoms. The lowest BCUT2D eigenvalue weighted by molar-refractivity contribution is -0.221. The molecule has 5 nitrogen and oxygen atoms in total. The molecule has 13 heteroatoms. The highest BCUT2D eigenvalue weighted by Gasteiger charge is 2.44. The van der Waals surface area contributed by atoms with Crippen LogP contribution in [0.5, 0.6) is 11.5 Å². The average Bonchev–Trinajstić information content (AvgIpc) is 2.73. The van der Waals surface area contributed by atoms with Crippen LogP contribution in [0.25, 0.3) is 0 Å². The van der Waals surface area contributed by atoms with Gasteiger partial charge in [-0.1, -0.05) is 12.1 Å². The number of methoxy groups -OCH3 is 1. The summed E-state index contributed by atoms with van der Waals surface area (Å²) in [7, 11) is 1.41. The molecule has 0 aliphatic carbocycles. The Morgan fingerprint density at radius 2 is 1.42 bits per heavy atom. The lowest BCUT2D eigenvalue weighted by atomic mass is 10.2. The lowest BCUT2D eigenvalue weighted by Gasteiger charge is -2.20. The van der Waals surface area contributed by atoms with Crippen molar-refractivity contribution >= 4 is 6.16 Å². The largest absolute Gasteiger partial charge is 0.514 e. The molecule has 0 N–H and O–H groups in total. The quantitative estimate of drug-likeness (QED) is 0.190. The van der Waals surface area contributed by atoms with E-state index in [2.05, 4.69) is 9.47 Å². The Balaban J connectivity index is 2.05. The summed E-state index contributed by atoms with van der Waals surface area (Å²) in [6, 6.07) is 6.00. The van der Waals surface area contributed by atoms with E-state index >= 15 is 0 Å². The molecule has 31 heavy (non-hydrogen) atoms. The maximum atomic E-state index is 13.5. The van der Waals surface area contributed by atoms with Crippen molar-refractivity contribution in [3.05, 3.63) is 58.9 Å². The number of alkyl halides is 3. The molecular weight excluding hydrogens is 448 g/mol. The Labute approximate surface area is 169 Å². The SMILES string of the molecule is COc1ccc(COCC(OC(=O)Oc2c(F)c(F)c(F)c(F)c2F)C(F)(F)F)cc1. The molecule has 0 radical (unpaired) electrons. The van der Waals surface area contributed by atoms with Crippen molar-refractivity contribution in [2.75, 3.05) is 13.7 Å². The monoisotopic (exact) mass is 460 g/mol. The first kappa shape index (κ1) is 24.2. The summed E-state index contributed by atoms with van der Waals surface area (Å²) < 4.78 is 123. The van der Waals surface area contributed by atoms with Crippen molar-refractivity contribution in [3.8, 4) is 11.5 Å². The summed E-state index contributed by atoms with van der Waals surface area (Å²) in [5.74, 6) is -14.2. The number of rotatable bonds is 7. The molecule has 2 aromatic rings. The van der Waals surface area contributed by atoms with Crippen molar-refractivity contribution in [2.45, 2.75) is 18.9 Å². The molecule has 170 valence electrons. The second-order valence-electron chi connectivity index (χ2n) is 5.76. The molecule has 0 aliphatic heterocycles. The van der Waals surface area contributed by atoms with Crippen LogP contribution < -0.4 is 9.47 Å². The molecule has 0 fully saturated rings. The van der Waals surface area contributed by atoms with Gasteiger partial charge in [0.25, 0.3) is 0 Å². The number of carbonyl (C=O) groups is 1. The molecular formula is C18H12F8O5. The predicted molar refractivity (Wildman–Crippen MR) is 85.8 cm³/mol. The van der Waals surface area contributed by atoms with E-state index in [0.717, 1.165) is 0 Å². The Bertz CT molecular complexity index is 901. The topological polar surface area (TPSA) is 54.0 Å². The molecule has 0 amide bonds. The maximum Gasteiger partial charge on any atom is 0.514 e. The molecule has 1 atom stereocenters. The zero-order chi connectivity index (χ0) is 23.3. The average molecular weight is 460 g/mol. The van der Waals surface area contributed by atoms with Crippen LogP contribution in [0.2, 0.25) is 0 Å². The third kappa shape index (κ3) is 5.96. The van der Waals surface area contributed by atoms with Crippen molar-refractivity contribution < 1.29 is 58.9 Å². The van der Waals surface area contributed by atoms with E-state index < -0.39 is 59.9 Å². The third-order valence-electron chi connectivity index (χ3n) is 3.66. The van der Waals surface area contributed by atoms with Gasteiger partial charge in [-0.3, -0.25) is 0 Å². The summed E-state index contributed by atoms with van der Waals surface area (Å²) >= 11 is 0. The summed E-state index contributed by atoms with van der Waals surface area (Å²) in [6.45, 7) is -1.59. The molecule has 0 saturated carbocycles. The Kier molecular flexibility index (Phi) is 7.65. The first-order chi connectivity index (χ1) is 14.5.